The molecule has 0 amide bonds. The average molecular weight is 667 g/mol. The van der Waals surface area contributed by atoms with Crippen molar-refractivity contribution >= 4 is 65.4 Å². The molecule has 11 aromatic rings. The van der Waals surface area contributed by atoms with Crippen LogP contribution >= 0.6 is 0 Å². The highest BCUT2D eigenvalue weighted by molar-refractivity contribution is 6.27. The van der Waals surface area contributed by atoms with Crippen molar-refractivity contribution in [2.45, 2.75) is 0 Å². The van der Waals surface area contributed by atoms with E-state index in [1.807, 2.05) is 66.7 Å². The van der Waals surface area contributed by atoms with Crippen LogP contribution in [0.25, 0.3) is 111 Å². The second-order valence-electron chi connectivity index (χ2n) is 13.1. The van der Waals surface area contributed by atoms with Gasteiger partial charge in [0.25, 0.3) is 0 Å². The van der Waals surface area contributed by atoms with Crippen molar-refractivity contribution in [1.29, 1.82) is 0 Å². The number of benzene rings is 8. The molecule has 0 N–H and O–H groups in total. The van der Waals surface area contributed by atoms with Gasteiger partial charge < -0.3 is 8.83 Å². The van der Waals surface area contributed by atoms with Crippen molar-refractivity contribution in [3.8, 4) is 45.6 Å². The molecule has 0 aliphatic rings. The van der Waals surface area contributed by atoms with Crippen molar-refractivity contribution in [3.05, 3.63) is 158 Å². The number of rotatable bonds is 4. The average Bonchev–Trinajstić information content (AvgIpc) is 3.83. The number of nitrogens with zero attached hydrogens (tertiary/aromatic N) is 4. The Hall–Kier alpha value is -7.18. The summed E-state index contributed by atoms with van der Waals surface area (Å²) in [7, 11) is 0. The molecule has 3 aromatic heterocycles. The number of hydrogen-bond donors (Lipinski definition) is 0. The van der Waals surface area contributed by atoms with Gasteiger partial charge in [-0.2, -0.15) is 0 Å². The van der Waals surface area contributed by atoms with Gasteiger partial charge in [0.2, 0.25) is 5.89 Å². The van der Waals surface area contributed by atoms with Gasteiger partial charge in [-0.3, -0.25) is 0 Å². The molecular weight excluding hydrogens is 641 g/mol. The zero-order valence-corrected chi connectivity index (χ0v) is 27.6. The molecule has 11 rings (SSSR count). The summed E-state index contributed by atoms with van der Waals surface area (Å²) in [4.78, 5) is 20.5. The van der Waals surface area contributed by atoms with Gasteiger partial charge in [0.15, 0.2) is 23.1 Å². The molecule has 0 atom stereocenters. The molecule has 0 bridgehead atoms. The van der Waals surface area contributed by atoms with Crippen LogP contribution in [0.3, 0.4) is 0 Å². The molecular formula is C46H26N4O2. The maximum absolute atomic E-state index is 6.79. The van der Waals surface area contributed by atoms with Gasteiger partial charge in [0.05, 0.1) is 10.9 Å². The summed E-state index contributed by atoms with van der Waals surface area (Å²) in [6, 6.07) is 53.6. The number of furan rings is 1. The second-order valence-corrected chi connectivity index (χ2v) is 13.1. The number of aromatic nitrogens is 4. The highest BCUT2D eigenvalue weighted by Crippen LogP contribution is 2.44. The van der Waals surface area contributed by atoms with Crippen LogP contribution in [0.2, 0.25) is 0 Å². The van der Waals surface area contributed by atoms with Crippen molar-refractivity contribution < 1.29 is 8.83 Å². The molecule has 0 aliphatic heterocycles. The molecule has 6 nitrogen and oxygen atoms in total. The topological polar surface area (TPSA) is 77.8 Å². The summed E-state index contributed by atoms with van der Waals surface area (Å²) in [6.45, 7) is 0. The molecule has 3 heterocycles. The van der Waals surface area contributed by atoms with Gasteiger partial charge in [0, 0.05) is 22.1 Å². The van der Waals surface area contributed by atoms with E-state index in [-0.39, 0.29) is 0 Å². The van der Waals surface area contributed by atoms with Crippen LogP contribution in [-0.4, -0.2) is 19.9 Å². The fraction of sp³-hybridized carbons (Fsp3) is 0. The van der Waals surface area contributed by atoms with Crippen molar-refractivity contribution in [3.63, 3.8) is 0 Å². The lowest BCUT2D eigenvalue weighted by molar-refractivity contribution is 0.619. The molecule has 242 valence electrons. The van der Waals surface area contributed by atoms with Crippen LogP contribution in [0.4, 0.5) is 0 Å². The minimum Gasteiger partial charge on any atom is -0.455 e. The summed E-state index contributed by atoms with van der Waals surface area (Å²) < 4.78 is 13.4. The lowest BCUT2D eigenvalue weighted by atomic mass is 10.0. The highest BCUT2D eigenvalue weighted by atomic mass is 16.4. The van der Waals surface area contributed by atoms with Gasteiger partial charge in [-0.05, 0) is 68.7 Å². The van der Waals surface area contributed by atoms with E-state index in [2.05, 4.69) is 91.0 Å². The molecule has 0 radical (unpaired) electrons. The predicted octanol–water partition coefficient (Wildman–Crippen LogP) is 12.0. The van der Waals surface area contributed by atoms with E-state index in [0.717, 1.165) is 70.9 Å². The monoisotopic (exact) mass is 666 g/mol. The first-order valence-electron chi connectivity index (χ1n) is 17.2. The molecule has 6 heteroatoms. The molecule has 0 spiro atoms. The molecule has 52 heavy (non-hydrogen) atoms. The highest BCUT2D eigenvalue weighted by Gasteiger charge is 2.24. The smallest absolute Gasteiger partial charge is 0.227 e. The molecule has 0 fully saturated rings. The number of hydrogen-bond acceptors (Lipinski definition) is 6. The van der Waals surface area contributed by atoms with E-state index < -0.39 is 0 Å². The SMILES string of the molecule is c1ccc(-c2nc3c(cc(-c4nc(-c5ccc6ccccc6c5)nc(-c5ccc6ccccc6c5)n4)c4oc5ccc6ccccc6c5c43)o2)cc1. The van der Waals surface area contributed by atoms with E-state index in [4.69, 9.17) is 28.8 Å². The van der Waals surface area contributed by atoms with Crippen molar-refractivity contribution in [2.75, 3.05) is 0 Å². The van der Waals surface area contributed by atoms with Crippen LogP contribution in [0.5, 0.6) is 0 Å². The Balaban J connectivity index is 1.23. The maximum atomic E-state index is 6.79. The minimum atomic E-state index is 0.481. The Morgan fingerprint density at radius 1 is 0.365 bits per heavy atom. The molecule has 0 aliphatic carbocycles. The van der Waals surface area contributed by atoms with Gasteiger partial charge >= 0.3 is 0 Å². The van der Waals surface area contributed by atoms with Crippen LogP contribution in [0.1, 0.15) is 0 Å². The Kier molecular flexibility index (Phi) is 6.15. The van der Waals surface area contributed by atoms with E-state index in [1.54, 1.807) is 0 Å². The Labute approximate surface area is 296 Å². The van der Waals surface area contributed by atoms with Gasteiger partial charge in [-0.25, -0.2) is 19.9 Å². The van der Waals surface area contributed by atoms with Gasteiger partial charge in [-0.15, -0.1) is 0 Å². The zero-order valence-electron chi connectivity index (χ0n) is 27.6. The van der Waals surface area contributed by atoms with E-state index in [9.17, 15) is 0 Å². The van der Waals surface area contributed by atoms with E-state index in [0.29, 0.717) is 40.1 Å². The zero-order chi connectivity index (χ0) is 34.2. The fourth-order valence-corrected chi connectivity index (χ4v) is 7.37. The molecule has 8 aromatic carbocycles. The molecule has 0 unspecified atom stereocenters. The summed E-state index contributed by atoms with van der Waals surface area (Å²) in [5, 5.41) is 8.55. The third-order valence-corrected chi connectivity index (χ3v) is 9.90. The first kappa shape index (κ1) is 28.6. The predicted molar refractivity (Wildman–Crippen MR) is 209 cm³/mol. The summed E-state index contributed by atoms with van der Waals surface area (Å²) in [5.41, 5.74) is 6.13. The van der Waals surface area contributed by atoms with Gasteiger partial charge in [-0.1, -0.05) is 121 Å². The normalized spacial score (nSPS) is 11.8. The fourth-order valence-electron chi connectivity index (χ4n) is 7.37. The minimum absolute atomic E-state index is 0.481. The first-order valence-corrected chi connectivity index (χ1v) is 17.2. The second kappa shape index (κ2) is 11.2. The number of oxazole rings is 1. The third kappa shape index (κ3) is 4.51. The van der Waals surface area contributed by atoms with Crippen molar-refractivity contribution in [1.82, 2.24) is 19.9 Å². The van der Waals surface area contributed by atoms with Crippen molar-refractivity contribution in [2.24, 2.45) is 0 Å². The summed E-state index contributed by atoms with van der Waals surface area (Å²) in [5.74, 6) is 2.15. The number of fused-ring (bicyclic) bond motifs is 9. The summed E-state index contributed by atoms with van der Waals surface area (Å²) in [6.07, 6.45) is 0. The Bertz CT molecular complexity index is 3100. The standard InChI is InChI=1S/C46H26N4O2/c1-2-13-30(14-3-1)46-47-41-38(52-46)26-36(42-40(41)39-35-17-9-8-12-29(35)22-23-37(39)51-42)45-49-43(33-20-18-27-10-4-6-15-31(27)24-33)48-44(50-45)34-21-19-28-11-5-7-16-32(28)25-34/h1-26H. The lowest BCUT2D eigenvalue weighted by Gasteiger charge is -2.10. The first-order chi connectivity index (χ1) is 25.7. The van der Waals surface area contributed by atoms with Crippen LogP contribution in [0, 0.1) is 0 Å². The van der Waals surface area contributed by atoms with Crippen LogP contribution < -0.4 is 0 Å². The van der Waals surface area contributed by atoms with Gasteiger partial charge in [0.1, 0.15) is 16.7 Å². The van der Waals surface area contributed by atoms with E-state index >= 15 is 0 Å². The Morgan fingerprint density at radius 2 is 0.942 bits per heavy atom. The Morgan fingerprint density at radius 3 is 1.63 bits per heavy atom. The molecule has 0 saturated heterocycles. The third-order valence-electron chi connectivity index (χ3n) is 9.90. The largest absolute Gasteiger partial charge is 0.455 e. The lowest BCUT2D eigenvalue weighted by Crippen LogP contribution is -2.00. The van der Waals surface area contributed by atoms with E-state index in [1.165, 1.54) is 0 Å². The molecule has 0 saturated carbocycles. The van der Waals surface area contributed by atoms with Crippen LogP contribution in [0.15, 0.2) is 167 Å². The maximum Gasteiger partial charge on any atom is 0.227 e. The quantitative estimate of drug-likeness (QED) is 0.186. The van der Waals surface area contributed by atoms with Crippen LogP contribution in [-0.2, 0) is 0 Å². The summed E-state index contributed by atoms with van der Waals surface area (Å²) >= 11 is 0.